The number of likely N-dealkylation sites (tertiary alicyclic amines) is 1. The quantitative estimate of drug-likeness (QED) is 0.134. The van der Waals surface area contributed by atoms with Crippen LogP contribution in [0.2, 0.25) is 5.02 Å². The number of hydrogen-bond donors (Lipinski definition) is 4. The van der Waals surface area contributed by atoms with Crippen molar-refractivity contribution in [2.75, 3.05) is 45.5 Å². The summed E-state index contributed by atoms with van der Waals surface area (Å²) in [5.74, 6) is 1.08. The van der Waals surface area contributed by atoms with E-state index in [1.807, 2.05) is 0 Å². The molecule has 66 heavy (non-hydrogen) atoms. The summed E-state index contributed by atoms with van der Waals surface area (Å²) in [6.45, 7) is 13.7. The first kappa shape index (κ1) is 47.9. The van der Waals surface area contributed by atoms with E-state index in [0.717, 1.165) is 50.8 Å². The fourth-order valence-electron chi connectivity index (χ4n) is 11.3. The standard InChI is InChI=1S/C50H63ClFN7O6S/c1-7-66(62,63)36-15-16-42(38(25-36)39-29-58(6)45(61)43-37(39)17-20-54-43)64-35-13-11-31(41(52)24-35)10-8-9-30-18-21-59(22-19-30)48-55-27-33(28-56-48)44(60)57-46-49(2,3)47(50(46,4)5)65-34-14-12-32(26-53)40(51)23-34/h11-16,23-25,29-30,33,37,43,46-48,54-56H,7-10,17-22,27-28H2,1-6H3,(H,57,60). The molecule has 4 N–H and O–H groups in total. The molecule has 0 aromatic heterocycles. The number of amides is 2. The Morgan fingerprint density at radius 2 is 1.70 bits per heavy atom. The van der Waals surface area contributed by atoms with Gasteiger partial charge in [0.2, 0.25) is 11.8 Å². The summed E-state index contributed by atoms with van der Waals surface area (Å²) in [7, 11) is -1.83. The summed E-state index contributed by atoms with van der Waals surface area (Å²) in [5, 5.41) is 23.4. The van der Waals surface area contributed by atoms with Crippen molar-refractivity contribution >= 4 is 38.8 Å². The predicted molar refractivity (Wildman–Crippen MR) is 252 cm³/mol. The number of benzene rings is 3. The number of sulfone groups is 1. The molecule has 1 saturated carbocycles. The highest BCUT2D eigenvalue weighted by Gasteiger charge is 2.64. The van der Waals surface area contributed by atoms with Gasteiger partial charge in [0.1, 0.15) is 41.5 Å². The number of aryl methyl sites for hydroxylation is 1. The van der Waals surface area contributed by atoms with Gasteiger partial charge in [-0.05, 0) is 92.1 Å². The molecule has 4 fully saturated rings. The Kier molecular flexibility index (Phi) is 13.9. The maximum Gasteiger partial charge on any atom is 0.244 e. The molecule has 0 bridgehead atoms. The molecule has 4 heterocycles. The van der Waals surface area contributed by atoms with Crippen LogP contribution in [0.4, 0.5) is 4.39 Å². The van der Waals surface area contributed by atoms with Gasteiger partial charge in [-0.15, -0.1) is 0 Å². The van der Waals surface area contributed by atoms with Gasteiger partial charge >= 0.3 is 0 Å². The lowest BCUT2D eigenvalue weighted by Crippen LogP contribution is -2.75. The Hall–Kier alpha value is -4.56. The molecule has 3 aromatic carbocycles. The molecular weight excluding hydrogens is 881 g/mol. The zero-order valence-corrected chi connectivity index (χ0v) is 40.3. The fraction of sp³-hybridized carbons (Fsp3) is 0.540. The number of halogens is 2. The summed E-state index contributed by atoms with van der Waals surface area (Å²) in [4.78, 5) is 30.6. The lowest BCUT2D eigenvalue weighted by atomic mass is 9.49. The van der Waals surface area contributed by atoms with Crippen LogP contribution in [-0.4, -0.2) is 100 Å². The van der Waals surface area contributed by atoms with Crippen LogP contribution in [-0.2, 0) is 25.8 Å². The van der Waals surface area contributed by atoms with Gasteiger partial charge in [-0.25, -0.2) is 12.8 Å². The normalized spacial score (nSPS) is 26.4. The molecule has 0 radical (unpaired) electrons. The van der Waals surface area contributed by atoms with E-state index in [1.54, 1.807) is 62.6 Å². The number of nitrogens with one attached hydrogen (secondary N) is 4. The Balaban J connectivity index is 0.790. The summed E-state index contributed by atoms with van der Waals surface area (Å²) < 4.78 is 54.2. The molecule has 13 nitrogen and oxygen atoms in total. The third kappa shape index (κ3) is 9.60. The van der Waals surface area contributed by atoms with Gasteiger partial charge < -0.3 is 25.0 Å². The van der Waals surface area contributed by atoms with E-state index < -0.39 is 15.9 Å². The molecule has 1 aliphatic carbocycles. The first-order valence-corrected chi connectivity index (χ1v) is 25.4. The topological polar surface area (TPSA) is 165 Å². The average molecular weight is 945 g/mol. The number of ether oxygens (including phenoxy) is 2. The third-order valence-electron chi connectivity index (χ3n) is 14.8. The lowest BCUT2D eigenvalue weighted by molar-refractivity contribution is -0.174. The minimum absolute atomic E-state index is 0.00148. The number of hydrogen-bond acceptors (Lipinski definition) is 11. The van der Waals surface area contributed by atoms with Gasteiger partial charge in [0.25, 0.3) is 0 Å². The number of rotatable bonds is 14. The molecule has 16 heteroatoms. The Morgan fingerprint density at radius 1 is 0.985 bits per heavy atom. The second-order valence-corrected chi connectivity index (χ2v) is 22.6. The van der Waals surface area contributed by atoms with Gasteiger partial charge in [-0.2, -0.15) is 5.26 Å². The summed E-state index contributed by atoms with van der Waals surface area (Å²) in [6, 6.07) is 16.4. The molecular formula is C50H63ClFN7O6S. The monoisotopic (exact) mass is 943 g/mol. The molecule has 2 atom stereocenters. The summed E-state index contributed by atoms with van der Waals surface area (Å²) >= 11 is 6.27. The van der Waals surface area contributed by atoms with Gasteiger partial charge in [-0.3, -0.25) is 25.1 Å². The van der Waals surface area contributed by atoms with E-state index in [4.69, 9.17) is 21.1 Å². The number of likely N-dealkylation sites (N-methyl/N-ethyl adjacent to an activating group) is 1. The fourth-order valence-corrected chi connectivity index (χ4v) is 12.4. The molecule has 0 spiro atoms. The summed E-state index contributed by atoms with van der Waals surface area (Å²) in [6.07, 6.45) is 6.86. The van der Waals surface area contributed by atoms with Crippen molar-refractivity contribution < 1.29 is 31.9 Å². The lowest BCUT2D eigenvalue weighted by Gasteiger charge is -2.63. The number of carbonyl (C=O) groups is 2. The maximum atomic E-state index is 15.6. The summed E-state index contributed by atoms with van der Waals surface area (Å²) in [5.41, 5.74) is 1.73. The molecule has 5 aliphatic rings. The highest BCUT2D eigenvalue weighted by Crippen LogP contribution is 2.55. The molecule has 2 amide bonds. The van der Waals surface area contributed by atoms with E-state index in [-0.39, 0.29) is 69.4 Å². The number of piperidine rings is 1. The molecule has 3 saturated heterocycles. The van der Waals surface area contributed by atoms with E-state index >= 15 is 4.39 Å². The van der Waals surface area contributed by atoms with E-state index in [1.165, 1.54) is 17.0 Å². The SMILES string of the molecule is CCS(=O)(=O)c1ccc(Oc2ccc(CCCC3CCN(C4NCC(C(=O)NC5C(C)(C)C(Oc6ccc(C#N)c(Cl)c6)C5(C)C)CN4)CC3)c(F)c2)c(C2=CN(C)C(=O)C3NCCC23)c1. The smallest absolute Gasteiger partial charge is 0.244 e. The second kappa shape index (κ2) is 19.2. The third-order valence-corrected chi connectivity index (χ3v) is 16.9. The van der Waals surface area contributed by atoms with Crippen LogP contribution in [0.1, 0.15) is 83.4 Å². The highest BCUT2D eigenvalue weighted by atomic mass is 35.5. The minimum atomic E-state index is -3.52. The van der Waals surface area contributed by atoms with Gasteiger partial charge in [0.15, 0.2) is 9.84 Å². The van der Waals surface area contributed by atoms with Crippen LogP contribution in [0.5, 0.6) is 17.2 Å². The first-order valence-electron chi connectivity index (χ1n) is 23.3. The van der Waals surface area contributed by atoms with Gasteiger partial charge in [0.05, 0.1) is 33.2 Å². The van der Waals surface area contributed by atoms with Gasteiger partial charge in [0, 0.05) is 79.9 Å². The zero-order valence-electron chi connectivity index (χ0n) is 38.8. The largest absolute Gasteiger partial charge is 0.489 e. The average Bonchev–Trinajstić information content (AvgIpc) is 3.80. The van der Waals surface area contributed by atoms with Crippen molar-refractivity contribution in [3.8, 4) is 23.3 Å². The number of nitriles is 1. The molecule has 2 unspecified atom stereocenters. The maximum absolute atomic E-state index is 15.6. The molecule has 354 valence electrons. The van der Waals surface area contributed by atoms with Crippen molar-refractivity contribution in [3.63, 3.8) is 0 Å². The minimum Gasteiger partial charge on any atom is -0.489 e. The van der Waals surface area contributed by atoms with E-state index in [2.05, 4.69) is 59.9 Å². The van der Waals surface area contributed by atoms with Gasteiger partial charge in [-0.1, -0.05) is 58.7 Å². The van der Waals surface area contributed by atoms with Crippen LogP contribution in [0.25, 0.3) is 5.57 Å². The first-order chi connectivity index (χ1) is 31.4. The number of nitrogens with zero attached hydrogens (tertiary/aromatic N) is 3. The van der Waals surface area contributed by atoms with Crippen LogP contribution in [0.15, 0.2) is 65.7 Å². The molecule has 4 aliphatic heterocycles. The molecule has 3 aromatic rings. The Bertz CT molecular complexity index is 2500. The second-order valence-electron chi connectivity index (χ2n) is 19.9. The Labute approximate surface area is 393 Å². The van der Waals surface area contributed by atoms with Crippen molar-refractivity contribution in [2.45, 2.75) is 103 Å². The van der Waals surface area contributed by atoms with Crippen molar-refractivity contribution in [2.24, 2.45) is 28.6 Å². The number of fused-ring (bicyclic) bond motifs is 1. The van der Waals surface area contributed by atoms with Crippen LogP contribution in [0.3, 0.4) is 0 Å². The highest BCUT2D eigenvalue weighted by molar-refractivity contribution is 7.91. The van der Waals surface area contributed by atoms with E-state index in [0.29, 0.717) is 70.9 Å². The van der Waals surface area contributed by atoms with Crippen LogP contribution < -0.4 is 30.7 Å². The van der Waals surface area contributed by atoms with Crippen LogP contribution >= 0.6 is 11.6 Å². The van der Waals surface area contributed by atoms with Crippen LogP contribution in [0, 0.1) is 45.7 Å². The van der Waals surface area contributed by atoms with Crippen molar-refractivity contribution in [1.82, 2.24) is 31.1 Å². The Morgan fingerprint density at radius 3 is 2.36 bits per heavy atom. The van der Waals surface area contributed by atoms with Crippen molar-refractivity contribution in [1.29, 1.82) is 5.26 Å². The van der Waals surface area contributed by atoms with Crippen molar-refractivity contribution in [3.05, 3.63) is 88.3 Å². The zero-order chi connectivity index (χ0) is 47.1. The number of carbonyl (C=O) groups excluding carboxylic acids is 2. The van der Waals surface area contributed by atoms with E-state index in [9.17, 15) is 23.3 Å². The molecule has 8 rings (SSSR count). The predicted octanol–water partition coefficient (Wildman–Crippen LogP) is 6.85.